The highest BCUT2D eigenvalue weighted by Crippen LogP contribution is 2.42. The van der Waals surface area contributed by atoms with Gasteiger partial charge in [0.25, 0.3) is 0 Å². The van der Waals surface area contributed by atoms with Gasteiger partial charge in [-0.05, 0) is 118 Å². The van der Waals surface area contributed by atoms with Crippen LogP contribution in [0.1, 0.15) is 0 Å². The first-order valence-corrected chi connectivity index (χ1v) is 20.7. The van der Waals surface area contributed by atoms with Crippen molar-refractivity contribution in [2.75, 3.05) is 4.90 Å². The van der Waals surface area contributed by atoms with Gasteiger partial charge in [0.1, 0.15) is 5.52 Å². The van der Waals surface area contributed by atoms with Crippen molar-refractivity contribution in [1.82, 2.24) is 9.55 Å². The third-order valence-electron chi connectivity index (χ3n) is 12.0. The molecule has 0 saturated carbocycles. The summed E-state index contributed by atoms with van der Waals surface area (Å²) in [4.78, 5) is 7.47. The zero-order valence-corrected chi connectivity index (χ0v) is 33.1. The SMILES string of the molecule is c1ccc(-c2nc3c(-c4ccc(N(c5ccc(-c6ccc7ccccc7c6)cc5)c5ccc6c(c5)c5ccccc5n6-c5ccccc5)cc4)cc4ccccc4c3o2)cc1. The Morgan fingerprint density at radius 2 is 0.967 bits per heavy atom. The fourth-order valence-electron chi connectivity index (χ4n) is 9.03. The molecule has 0 unspecified atom stereocenters. The van der Waals surface area contributed by atoms with Crippen molar-refractivity contribution in [3.63, 3.8) is 0 Å². The van der Waals surface area contributed by atoms with Crippen LogP contribution in [0.15, 0.2) is 229 Å². The third kappa shape index (κ3) is 5.96. The Balaban J connectivity index is 1.00. The molecular formula is C57H37N3O. The Hall–Kier alpha value is -8.21. The van der Waals surface area contributed by atoms with Crippen LogP contribution in [0.2, 0.25) is 0 Å². The normalized spacial score (nSPS) is 11.6. The van der Waals surface area contributed by atoms with E-state index >= 15 is 0 Å². The quantitative estimate of drug-likeness (QED) is 0.162. The van der Waals surface area contributed by atoms with Crippen molar-refractivity contribution >= 4 is 71.5 Å². The number of fused-ring (bicyclic) bond motifs is 7. The van der Waals surface area contributed by atoms with Crippen molar-refractivity contribution in [3.8, 4) is 39.4 Å². The Labute approximate surface area is 352 Å². The summed E-state index contributed by atoms with van der Waals surface area (Å²) in [6, 6.07) is 80.0. The number of benzene rings is 10. The Bertz CT molecular complexity index is 3570. The van der Waals surface area contributed by atoms with Gasteiger partial charge in [-0.3, -0.25) is 0 Å². The first-order valence-electron chi connectivity index (χ1n) is 20.7. The van der Waals surface area contributed by atoms with Crippen LogP contribution in [0.25, 0.3) is 93.8 Å². The predicted molar refractivity (Wildman–Crippen MR) is 254 cm³/mol. The second-order valence-electron chi connectivity index (χ2n) is 15.6. The maximum Gasteiger partial charge on any atom is 0.227 e. The maximum atomic E-state index is 6.54. The number of hydrogen-bond donors (Lipinski definition) is 0. The van der Waals surface area contributed by atoms with Gasteiger partial charge in [-0.15, -0.1) is 0 Å². The van der Waals surface area contributed by atoms with Crippen molar-refractivity contribution < 1.29 is 4.42 Å². The summed E-state index contributed by atoms with van der Waals surface area (Å²) in [5, 5.41) is 7.06. The number of nitrogens with zero attached hydrogens (tertiary/aromatic N) is 3. The molecule has 0 atom stereocenters. The topological polar surface area (TPSA) is 34.2 Å². The first-order chi connectivity index (χ1) is 30.2. The number of rotatable bonds is 7. The van der Waals surface area contributed by atoms with Crippen molar-refractivity contribution in [3.05, 3.63) is 224 Å². The van der Waals surface area contributed by atoms with E-state index in [4.69, 9.17) is 9.40 Å². The molecule has 0 fully saturated rings. The molecule has 12 rings (SSSR count). The van der Waals surface area contributed by atoms with E-state index in [9.17, 15) is 0 Å². The van der Waals surface area contributed by atoms with E-state index in [0.717, 1.165) is 61.3 Å². The summed E-state index contributed by atoms with van der Waals surface area (Å²) < 4.78 is 8.91. The molecule has 61 heavy (non-hydrogen) atoms. The van der Waals surface area contributed by atoms with E-state index in [0.29, 0.717) is 5.89 Å². The summed E-state index contributed by atoms with van der Waals surface area (Å²) in [5.74, 6) is 0.618. The minimum atomic E-state index is 0.618. The van der Waals surface area contributed by atoms with Gasteiger partial charge < -0.3 is 13.9 Å². The van der Waals surface area contributed by atoms with Gasteiger partial charge in [-0.2, -0.15) is 0 Å². The summed E-state index contributed by atoms with van der Waals surface area (Å²) in [6.45, 7) is 0. The lowest BCUT2D eigenvalue weighted by Gasteiger charge is -2.26. The molecule has 4 nitrogen and oxygen atoms in total. The minimum absolute atomic E-state index is 0.618. The molecule has 4 heteroatoms. The number of aromatic nitrogens is 2. The van der Waals surface area contributed by atoms with E-state index in [-0.39, 0.29) is 0 Å². The maximum absolute atomic E-state index is 6.54. The highest BCUT2D eigenvalue weighted by Gasteiger charge is 2.20. The predicted octanol–water partition coefficient (Wildman–Crippen LogP) is 15.7. The fourth-order valence-corrected chi connectivity index (χ4v) is 9.03. The molecule has 12 aromatic rings. The molecule has 0 bridgehead atoms. The Kier molecular flexibility index (Phi) is 8.13. The van der Waals surface area contributed by atoms with E-state index in [1.54, 1.807) is 0 Å². The van der Waals surface area contributed by atoms with Crippen LogP contribution in [-0.4, -0.2) is 9.55 Å². The number of para-hydroxylation sites is 2. The molecule has 0 aliphatic carbocycles. The van der Waals surface area contributed by atoms with E-state index in [1.165, 1.54) is 43.7 Å². The summed E-state index contributed by atoms with van der Waals surface area (Å²) in [7, 11) is 0. The molecule has 286 valence electrons. The van der Waals surface area contributed by atoms with E-state index in [2.05, 4.69) is 204 Å². The molecule has 0 N–H and O–H groups in total. The molecule has 0 aliphatic rings. The van der Waals surface area contributed by atoms with Crippen LogP contribution < -0.4 is 4.90 Å². The fraction of sp³-hybridized carbons (Fsp3) is 0. The zero-order chi connectivity index (χ0) is 40.3. The molecule has 10 aromatic carbocycles. The van der Waals surface area contributed by atoms with Crippen LogP contribution >= 0.6 is 0 Å². The first kappa shape index (κ1) is 34.8. The molecule has 0 radical (unpaired) electrons. The molecule has 0 spiro atoms. The van der Waals surface area contributed by atoms with E-state index in [1.807, 2.05) is 30.3 Å². The van der Waals surface area contributed by atoms with Crippen LogP contribution in [0.5, 0.6) is 0 Å². The van der Waals surface area contributed by atoms with Crippen LogP contribution in [-0.2, 0) is 0 Å². The van der Waals surface area contributed by atoms with Gasteiger partial charge in [0.05, 0.1) is 11.0 Å². The van der Waals surface area contributed by atoms with Gasteiger partial charge in [0, 0.05) is 50.0 Å². The van der Waals surface area contributed by atoms with Crippen molar-refractivity contribution in [2.45, 2.75) is 0 Å². The highest BCUT2D eigenvalue weighted by molar-refractivity contribution is 6.12. The second kappa shape index (κ2) is 14.3. The van der Waals surface area contributed by atoms with Crippen molar-refractivity contribution in [1.29, 1.82) is 0 Å². The third-order valence-corrected chi connectivity index (χ3v) is 12.0. The molecule has 0 amide bonds. The molecule has 0 saturated heterocycles. The average Bonchev–Trinajstić information content (AvgIpc) is 3.93. The zero-order valence-electron chi connectivity index (χ0n) is 33.1. The molecule has 0 aliphatic heterocycles. The van der Waals surface area contributed by atoms with Gasteiger partial charge in [0.15, 0.2) is 5.58 Å². The van der Waals surface area contributed by atoms with Crippen LogP contribution in [0, 0.1) is 0 Å². The average molecular weight is 780 g/mol. The summed E-state index contributed by atoms with van der Waals surface area (Å²) >= 11 is 0. The summed E-state index contributed by atoms with van der Waals surface area (Å²) in [5.41, 5.74) is 13.8. The standard InChI is InChI=1S/C57H37N3O/c1-3-14-41(15-4-1)57-58-55-51(36-44-17-9-10-20-49(44)56(55)61-57)40-27-31-47(32-28-40)59(46-29-25-39(26-30-46)43-24-23-38-13-7-8-16-42(38)35-43)48-33-34-54-52(37-48)50-21-11-12-22-53(50)60(54)45-18-5-2-6-19-45/h1-37H. The Morgan fingerprint density at radius 3 is 1.74 bits per heavy atom. The number of oxazole rings is 1. The van der Waals surface area contributed by atoms with Crippen LogP contribution in [0.4, 0.5) is 17.1 Å². The number of anilines is 3. The van der Waals surface area contributed by atoms with Gasteiger partial charge in [0.2, 0.25) is 5.89 Å². The second-order valence-corrected chi connectivity index (χ2v) is 15.6. The lowest BCUT2D eigenvalue weighted by molar-refractivity contribution is 0.623. The smallest absolute Gasteiger partial charge is 0.227 e. The molecular weight excluding hydrogens is 743 g/mol. The highest BCUT2D eigenvalue weighted by atomic mass is 16.3. The number of hydrogen-bond acceptors (Lipinski definition) is 3. The molecule has 2 heterocycles. The molecule has 2 aromatic heterocycles. The van der Waals surface area contributed by atoms with E-state index < -0.39 is 0 Å². The largest absolute Gasteiger partial charge is 0.435 e. The van der Waals surface area contributed by atoms with Crippen molar-refractivity contribution in [2.24, 2.45) is 0 Å². The Morgan fingerprint density at radius 1 is 0.377 bits per heavy atom. The van der Waals surface area contributed by atoms with Gasteiger partial charge in [-0.1, -0.05) is 140 Å². The summed E-state index contributed by atoms with van der Waals surface area (Å²) in [6.07, 6.45) is 0. The minimum Gasteiger partial charge on any atom is -0.435 e. The lowest BCUT2D eigenvalue weighted by Crippen LogP contribution is -2.10. The van der Waals surface area contributed by atoms with Gasteiger partial charge >= 0.3 is 0 Å². The lowest BCUT2D eigenvalue weighted by atomic mass is 9.98. The van der Waals surface area contributed by atoms with Gasteiger partial charge in [-0.25, -0.2) is 4.98 Å². The monoisotopic (exact) mass is 779 g/mol. The van der Waals surface area contributed by atoms with Crippen LogP contribution in [0.3, 0.4) is 0 Å².